The summed E-state index contributed by atoms with van der Waals surface area (Å²) in [5.41, 5.74) is 6.72. The maximum absolute atomic E-state index is 4.81. The van der Waals surface area contributed by atoms with Gasteiger partial charge in [0.15, 0.2) is 0 Å². The Labute approximate surface area is 177 Å². The fourth-order valence-corrected chi connectivity index (χ4v) is 4.04. The number of benzene rings is 3. The van der Waals surface area contributed by atoms with Crippen molar-refractivity contribution in [3.05, 3.63) is 84.1 Å². The zero-order valence-corrected chi connectivity index (χ0v) is 16.7. The summed E-state index contributed by atoms with van der Waals surface area (Å²) in [5.74, 6) is 0. The smallest absolute Gasteiger partial charge is 0.243 e. The highest BCUT2D eigenvalue weighted by Crippen LogP contribution is 2.29. The van der Waals surface area contributed by atoms with Crippen molar-refractivity contribution >= 4 is 45.3 Å². The van der Waals surface area contributed by atoms with E-state index >= 15 is 0 Å². The van der Waals surface area contributed by atoms with E-state index in [0.29, 0.717) is 17.0 Å². The third-order valence-corrected chi connectivity index (χ3v) is 5.56. The molecule has 0 aliphatic carbocycles. The van der Waals surface area contributed by atoms with Gasteiger partial charge in [-0.05, 0) is 40.2 Å². The van der Waals surface area contributed by atoms with Crippen molar-refractivity contribution in [2.24, 2.45) is 7.05 Å². The lowest BCUT2D eigenvalue weighted by Crippen LogP contribution is -1.94. The van der Waals surface area contributed by atoms with Crippen molar-refractivity contribution in [3.8, 4) is 11.3 Å². The predicted molar refractivity (Wildman–Crippen MR) is 122 cm³/mol. The summed E-state index contributed by atoms with van der Waals surface area (Å²) in [6.45, 7) is 0. The van der Waals surface area contributed by atoms with Gasteiger partial charge in [0.1, 0.15) is 0 Å². The van der Waals surface area contributed by atoms with E-state index in [9.17, 15) is 0 Å². The second kappa shape index (κ2) is 6.88. The SMILES string of the molecule is Cn1c2ccccc2c2cc(/C=C/c3nc4nonc4nc3-c3ccccc3)ccc21. The van der Waals surface area contributed by atoms with Gasteiger partial charge in [0, 0.05) is 34.4 Å². The number of nitrogens with zero attached hydrogens (tertiary/aromatic N) is 5. The van der Waals surface area contributed by atoms with E-state index < -0.39 is 0 Å². The van der Waals surface area contributed by atoms with E-state index in [4.69, 9.17) is 4.63 Å². The molecule has 0 N–H and O–H groups in total. The first-order valence-corrected chi connectivity index (χ1v) is 9.99. The Morgan fingerprint density at radius 2 is 1.48 bits per heavy atom. The molecule has 0 aliphatic rings. The Bertz CT molecular complexity index is 1590. The molecule has 0 fully saturated rings. The van der Waals surface area contributed by atoms with E-state index in [1.807, 2.05) is 36.4 Å². The Balaban J connectivity index is 1.48. The summed E-state index contributed by atoms with van der Waals surface area (Å²) in [6.07, 6.45) is 4.02. The van der Waals surface area contributed by atoms with Gasteiger partial charge in [-0.1, -0.05) is 60.7 Å². The van der Waals surface area contributed by atoms with Crippen molar-refractivity contribution in [1.82, 2.24) is 24.8 Å². The van der Waals surface area contributed by atoms with Gasteiger partial charge >= 0.3 is 0 Å². The quantitative estimate of drug-likeness (QED) is 0.390. The average molecular weight is 403 g/mol. The number of rotatable bonds is 3. The third-order valence-electron chi connectivity index (χ3n) is 5.56. The van der Waals surface area contributed by atoms with Gasteiger partial charge in [0.25, 0.3) is 0 Å². The van der Waals surface area contributed by atoms with Crippen molar-refractivity contribution in [2.75, 3.05) is 0 Å². The normalized spacial score (nSPS) is 11.9. The molecule has 3 heterocycles. The highest BCUT2D eigenvalue weighted by atomic mass is 16.6. The van der Waals surface area contributed by atoms with Crippen LogP contribution >= 0.6 is 0 Å². The van der Waals surface area contributed by atoms with Crippen LogP contribution in [-0.4, -0.2) is 24.8 Å². The van der Waals surface area contributed by atoms with Crippen molar-refractivity contribution in [2.45, 2.75) is 0 Å². The summed E-state index contributed by atoms with van der Waals surface area (Å²) in [6, 6.07) is 24.9. The molecule has 0 unspecified atom stereocenters. The molecule has 0 radical (unpaired) electrons. The number of aromatic nitrogens is 5. The second-order valence-corrected chi connectivity index (χ2v) is 7.42. The van der Waals surface area contributed by atoms with E-state index in [1.165, 1.54) is 21.8 Å². The molecule has 31 heavy (non-hydrogen) atoms. The zero-order valence-electron chi connectivity index (χ0n) is 16.7. The van der Waals surface area contributed by atoms with E-state index in [0.717, 1.165) is 16.8 Å². The summed E-state index contributed by atoms with van der Waals surface area (Å²) < 4.78 is 7.04. The lowest BCUT2D eigenvalue weighted by Gasteiger charge is -2.04. The van der Waals surface area contributed by atoms with Crippen LogP contribution in [0.2, 0.25) is 0 Å². The largest absolute Gasteiger partial charge is 0.344 e. The number of hydrogen-bond acceptors (Lipinski definition) is 5. The van der Waals surface area contributed by atoms with Crippen molar-refractivity contribution < 1.29 is 4.63 Å². The maximum Gasteiger partial charge on any atom is 0.243 e. The monoisotopic (exact) mass is 403 g/mol. The molecule has 6 aromatic rings. The number of para-hydroxylation sites is 1. The summed E-state index contributed by atoms with van der Waals surface area (Å²) in [7, 11) is 2.10. The van der Waals surface area contributed by atoms with Crippen LogP contribution in [0.4, 0.5) is 0 Å². The summed E-state index contributed by atoms with van der Waals surface area (Å²) >= 11 is 0. The van der Waals surface area contributed by atoms with Crippen LogP contribution in [0.25, 0.3) is 56.5 Å². The lowest BCUT2D eigenvalue weighted by atomic mass is 10.1. The van der Waals surface area contributed by atoms with Crippen LogP contribution in [0.5, 0.6) is 0 Å². The fraction of sp³-hybridized carbons (Fsp3) is 0.0400. The topological polar surface area (TPSA) is 69.6 Å². The molecule has 3 aromatic carbocycles. The van der Waals surface area contributed by atoms with Gasteiger partial charge < -0.3 is 4.57 Å². The standard InChI is InChI=1S/C25H17N5O/c1-30-21-10-6-5-9-18(21)19-15-16(12-14-22(19)30)11-13-20-23(17-7-3-2-4-8-17)27-25-24(26-20)28-31-29-25/h2-15H,1H3/b13-11+. The molecule has 0 spiro atoms. The molecule has 3 aromatic heterocycles. The maximum atomic E-state index is 4.81. The molecule has 0 amide bonds. The van der Waals surface area contributed by atoms with Crippen molar-refractivity contribution in [3.63, 3.8) is 0 Å². The van der Waals surface area contributed by atoms with Crippen LogP contribution in [0.1, 0.15) is 11.3 Å². The molecule has 0 saturated carbocycles. The highest BCUT2D eigenvalue weighted by Gasteiger charge is 2.13. The van der Waals surface area contributed by atoms with E-state index in [2.05, 4.69) is 80.4 Å². The number of fused-ring (bicyclic) bond motifs is 4. The Morgan fingerprint density at radius 3 is 2.35 bits per heavy atom. The molecule has 0 saturated heterocycles. The second-order valence-electron chi connectivity index (χ2n) is 7.42. The first kappa shape index (κ1) is 17.5. The molecule has 6 nitrogen and oxygen atoms in total. The lowest BCUT2D eigenvalue weighted by molar-refractivity contribution is 0.314. The first-order chi connectivity index (χ1) is 15.3. The zero-order chi connectivity index (χ0) is 20.8. The Morgan fingerprint density at radius 1 is 0.742 bits per heavy atom. The Hall–Kier alpha value is -4.32. The predicted octanol–water partition coefficient (Wildman–Crippen LogP) is 5.50. The molecule has 148 valence electrons. The van der Waals surface area contributed by atoms with Crippen LogP contribution in [0, 0.1) is 0 Å². The van der Waals surface area contributed by atoms with Gasteiger partial charge in [-0.3, -0.25) is 0 Å². The van der Waals surface area contributed by atoms with Gasteiger partial charge in [-0.15, -0.1) is 0 Å². The molecular weight excluding hydrogens is 386 g/mol. The molecule has 0 bridgehead atoms. The van der Waals surface area contributed by atoms with Gasteiger partial charge in [0.05, 0.1) is 11.4 Å². The minimum atomic E-state index is 0.392. The average Bonchev–Trinajstić information content (AvgIpc) is 3.40. The number of aryl methyl sites for hydroxylation is 1. The third kappa shape index (κ3) is 2.88. The minimum absolute atomic E-state index is 0.392. The van der Waals surface area contributed by atoms with Crippen LogP contribution < -0.4 is 0 Å². The van der Waals surface area contributed by atoms with Crippen molar-refractivity contribution in [1.29, 1.82) is 0 Å². The molecular formula is C25H17N5O. The summed E-state index contributed by atoms with van der Waals surface area (Å²) in [5, 5.41) is 10.2. The number of hydrogen-bond donors (Lipinski definition) is 0. The van der Waals surface area contributed by atoms with Gasteiger partial charge in [-0.2, -0.15) is 0 Å². The molecule has 6 rings (SSSR count). The summed E-state index contributed by atoms with van der Waals surface area (Å²) in [4.78, 5) is 9.25. The molecule has 0 aliphatic heterocycles. The van der Waals surface area contributed by atoms with E-state index in [1.54, 1.807) is 0 Å². The molecule has 0 atom stereocenters. The fourth-order valence-electron chi connectivity index (χ4n) is 4.04. The highest BCUT2D eigenvalue weighted by molar-refractivity contribution is 6.08. The first-order valence-electron chi connectivity index (χ1n) is 9.99. The van der Waals surface area contributed by atoms with Crippen LogP contribution in [-0.2, 0) is 7.05 Å². The Kier molecular flexibility index (Phi) is 3.89. The van der Waals surface area contributed by atoms with Crippen LogP contribution in [0.15, 0.2) is 77.4 Å². The van der Waals surface area contributed by atoms with Gasteiger partial charge in [0.2, 0.25) is 11.3 Å². The van der Waals surface area contributed by atoms with Gasteiger partial charge in [-0.25, -0.2) is 14.6 Å². The van der Waals surface area contributed by atoms with E-state index in [-0.39, 0.29) is 0 Å². The van der Waals surface area contributed by atoms with Crippen LogP contribution in [0.3, 0.4) is 0 Å². The molecule has 6 heteroatoms. The minimum Gasteiger partial charge on any atom is -0.344 e.